The summed E-state index contributed by atoms with van der Waals surface area (Å²) in [5, 5.41) is 3.62. The van der Waals surface area contributed by atoms with Crippen molar-refractivity contribution < 1.29 is 17.6 Å². The summed E-state index contributed by atoms with van der Waals surface area (Å²) in [5.41, 5.74) is -1.61. The van der Waals surface area contributed by atoms with E-state index in [1.165, 1.54) is 18.2 Å². The molecule has 1 N–H and O–H groups in total. The fourth-order valence-electron chi connectivity index (χ4n) is 5.14. The summed E-state index contributed by atoms with van der Waals surface area (Å²) in [6.07, 6.45) is -0.0498. The molecular formula is C23H22F4N4O. The normalized spacial score (nSPS) is 25.2. The highest BCUT2D eigenvalue weighted by Crippen LogP contribution is 2.59. The standard InChI is InChI=1S/C23H22F4N4O/c1-11(14-4-3-5-15(20(14)24)21(25)26)28-22-16-10-31(18-9-23(27)7-13(18)8-23)19(32)6-17(16)29-12(2)30-22/h3-6,10-11,13,18,21H,7-9H2,1-2H3,(H,28,29,30)/t11?,13?,18-,23?/m0/s1. The van der Waals surface area contributed by atoms with Crippen LogP contribution in [0.4, 0.5) is 23.4 Å². The minimum atomic E-state index is -2.92. The maximum Gasteiger partial charge on any atom is 0.266 e. The van der Waals surface area contributed by atoms with Crippen LogP contribution >= 0.6 is 0 Å². The summed E-state index contributed by atoms with van der Waals surface area (Å²) < 4.78 is 56.9. The van der Waals surface area contributed by atoms with Gasteiger partial charge in [0.15, 0.2) is 0 Å². The number of rotatable bonds is 5. The van der Waals surface area contributed by atoms with Gasteiger partial charge in [0.2, 0.25) is 0 Å². The molecule has 2 bridgehead atoms. The van der Waals surface area contributed by atoms with Gasteiger partial charge in [-0.1, -0.05) is 18.2 Å². The third kappa shape index (κ3) is 3.34. The quantitative estimate of drug-likeness (QED) is 0.532. The highest BCUT2D eigenvalue weighted by Gasteiger charge is 2.57. The van der Waals surface area contributed by atoms with Crippen LogP contribution in [-0.2, 0) is 0 Å². The molecule has 3 aliphatic rings. The van der Waals surface area contributed by atoms with E-state index in [0.29, 0.717) is 41.8 Å². The van der Waals surface area contributed by atoms with E-state index in [1.54, 1.807) is 24.6 Å². The maximum absolute atomic E-state index is 14.6. The number of benzene rings is 1. The predicted molar refractivity (Wildman–Crippen MR) is 112 cm³/mol. The molecule has 32 heavy (non-hydrogen) atoms. The van der Waals surface area contributed by atoms with Crippen molar-refractivity contribution in [3.63, 3.8) is 0 Å². The largest absolute Gasteiger partial charge is 0.363 e. The molecule has 0 radical (unpaired) electrons. The van der Waals surface area contributed by atoms with Crippen LogP contribution in [0.25, 0.3) is 10.9 Å². The molecule has 1 unspecified atom stereocenters. The lowest BCUT2D eigenvalue weighted by molar-refractivity contribution is 0.0740. The lowest BCUT2D eigenvalue weighted by Crippen LogP contribution is -2.31. The number of aromatic nitrogens is 3. The first-order valence-electron chi connectivity index (χ1n) is 10.6. The third-order valence-electron chi connectivity index (χ3n) is 6.72. The zero-order chi connectivity index (χ0) is 22.8. The summed E-state index contributed by atoms with van der Waals surface area (Å²) in [7, 11) is 0. The Hall–Kier alpha value is -2.97. The van der Waals surface area contributed by atoms with Crippen molar-refractivity contribution in [1.82, 2.24) is 14.5 Å². The molecule has 6 rings (SSSR count). The molecule has 0 amide bonds. The smallest absolute Gasteiger partial charge is 0.266 e. The van der Waals surface area contributed by atoms with E-state index in [-0.39, 0.29) is 23.1 Å². The number of anilines is 1. The molecule has 3 aliphatic carbocycles. The average Bonchev–Trinajstić information content (AvgIpc) is 3.20. The topological polar surface area (TPSA) is 59.8 Å². The molecule has 0 saturated heterocycles. The van der Waals surface area contributed by atoms with Gasteiger partial charge < -0.3 is 9.88 Å². The minimum absolute atomic E-state index is 0.0801. The zero-order valence-electron chi connectivity index (χ0n) is 17.6. The van der Waals surface area contributed by atoms with Gasteiger partial charge in [0.1, 0.15) is 23.1 Å². The van der Waals surface area contributed by atoms with Gasteiger partial charge in [-0.25, -0.2) is 27.5 Å². The molecule has 5 nitrogen and oxygen atoms in total. The second-order valence-electron chi connectivity index (χ2n) is 8.95. The van der Waals surface area contributed by atoms with E-state index in [0.717, 1.165) is 6.07 Å². The first-order valence-corrected chi connectivity index (χ1v) is 10.6. The van der Waals surface area contributed by atoms with E-state index >= 15 is 0 Å². The lowest BCUT2D eigenvalue weighted by Gasteiger charge is -2.30. The Balaban J connectivity index is 1.55. The van der Waals surface area contributed by atoms with Gasteiger partial charge in [0.25, 0.3) is 12.0 Å². The van der Waals surface area contributed by atoms with E-state index in [2.05, 4.69) is 15.3 Å². The van der Waals surface area contributed by atoms with Crippen molar-refractivity contribution in [3.8, 4) is 0 Å². The Kier molecular flexibility index (Phi) is 4.76. The van der Waals surface area contributed by atoms with Gasteiger partial charge in [-0.2, -0.15) is 0 Å². The number of halogens is 4. The van der Waals surface area contributed by atoms with Crippen LogP contribution in [0, 0.1) is 18.7 Å². The van der Waals surface area contributed by atoms with Gasteiger partial charge >= 0.3 is 0 Å². The van der Waals surface area contributed by atoms with Crippen molar-refractivity contribution in [2.45, 2.75) is 57.3 Å². The Morgan fingerprint density at radius 2 is 1.91 bits per heavy atom. The molecule has 0 aliphatic heterocycles. The Bertz CT molecular complexity index is 1270. The SMILES string of the molecule is Cc1nc(NC(C)c2cccc(C(F)F)c2F)c2cn([C@H]3CC4(F)CC3C4)c(=O)cc2n1. The van der Waals surface area contributed by atoms with E-state index in [4.69, 9.17) is 0 Å². The number of nitrogens with one attached hydrogen (secondary N) is 1. The zero-order valence-corrected chi connectivity index (χ0v) is 17.6. The Morgan fingerprint density at radius 1 is 1.19 bits per heavy atom. The number of alkyl halides is 3. The van der Waals surface area contributed by atoms with Gasteiger partial charge in [0, 0.05) is 30.3 Å². The third-order valence-corrected chi connectivity index (χ3v) is 6.72. The van der Waals surface area contributed by atoms with Crippen molar-refractivity contribution in [2.24, 2.45) is 5.92 Å². The minimum Gasteiger partial charge on any atom is -0.363 e. The molecule has 2 heterocycles. The monoisotopic (exact) mass is 446 g/mol. The van der Waals surface area contributed by atoms with Crippen molar-refractivity contribution >= 4 is 16.7 Å². The van der Waals surface area contributed by atoms with Gasteiger partial charge in [-0.05, 0) is 32.6 Å². The molecule has 2 aromatic heterocycles. The number of aryl methyl sites for hydroxylation is 1. The summed E-state index contributed by atoms with van der Waals surface area (Å²) in [5.74, 6) is -0.0793. The second kappa shape index (κ2) is 7.28. The van der Waals surface area contributed by atoms with Gasteiger partial charge in [-0.15, -0.1) is 0 Å². The highest BCUT2D eigenvalue weighted by molar-refractivity contribution is 5.88. The summed E-state index contributed by atoms with van der Waals surface area (Å²) >= 11 is 0. The fourth-order valence-corrected chi connectivity index (χ4v) is 5.14. The van der Waals surface area contributed by atoms with Crippen molar-refractivity contribution in [3.05, 3.63) is 63.6 Å². The molecule has 168 valence electrons. The molecule has 0 spiro atoms. The van der Waals surface area contributed by atoms with E-state index in [9.17, 15) is 22.4 Å². The summed E-state index contributed by atoms with van der Waals surface area (Å²) in [6, 6.07) is 4.39. The second-order valence-corrected chi connectivity index (χ2v) is 8.95. The number of hydrogen-bond acceptors (Lipinski definition) is 4. The van der Waals surface area contributed by atoms with E-state index < -0.39 is 29.5 Å². The van der Waals surface area contributed by atoms with Gasteiger partial charge in [-0.3, -0.25) is 4.79 Å². The number of pyridine rings is 1. The number of fused-ring (bicyclic) bond motifs is 2. The predicted octanol–water partition coefficient (Wildman–Crippen LogP) is 5.41. The molecule has 3 saturated carbocycles. The molecule has 1 aromatic carbocycles. The first-order chi connectivity index (χ1) is 15.1. The molecular weight excluding hydrogens is 424 g/mol. The van der Waals surface area contributed by atoms with Crippen molar-refractivity contribution in [2.75, 3.05) is 5.32 Å². The lowest BCUT2D eigenvalue weighted by atomic mass is 9.81. The van der Waals surface area contributed by atoms with Crippen LogP contribution in [0.5, 0.6) is 0 Å². The fraction of sp³-hybridized carbons (Fsp3) is 0.435. The molecule has 9 heteroatoms. The first kappa shape index (κ1) is 20.9. The van der Waals surface area contributed by atoms with Crippen LogP contribution in [0.1, 0.15) is 61.6 Å². The highest BCUT2D eigenvalue weighted by atomic mass is 19.3. The summed E-state index contributed by atoms with van der Waals surface area (Å²) in [6.45, 7) is 3.31. The van der Waals surface area contributed by atoms with Crippen LogP contribution in [0.2, 0.25) is 0 Å². The van der Waals surface area contributed by atoms with Crippen LogP contribution in [0.3, 0.4) is 0 Å². The van der Waals surface area contributed by atoms with Crippen LogP contribution in [0.15, 0.2) is 35.3 Å². The Labute approximate surface area is 181 Å². The van der Waals surface area contributed by atoms with Gasteiger partial charge in [0.05, 0.1) is 22.5 Å². The molecule has 2 atom stereocenters. The van der Waals surface area contributed by atoms with Crippen LogP contribution in [-0.4, -0.2) is 20.2 Å². The average molecular weight is 446 g/mol. The van der Waals surface area contributed by atoms with Crippen LogP contribution < -0.4 is 10.9 Å². The molecule has 3 aromatic rings. The summed E-state index contributed by atoms with van der Waals surface area (Å²) in [4.78, 5) is 21.5. The van der Waals surface area contributed by atoms with E-state index in [1.807, 2.05) is 0 Å². The number of hydrogen-bond donors (Lipinski definition) is 1. The van der Waals surface area contributed by atoms with Crippen molar-refractivity contribution in [1.29, 1.82) is 0 Å². The molecule has 3 fully saturated rings. The maximum atomic E-state index is 14.6. The Morgan fingerprint density at radius 3 is 2.56 bits per heavy atom. The number of nitrogens with zero attached hydrogens (tertiary/aromatic N) is 3.